The molecule has 0 aliphatic rings. The Labute approximate surface area is 150 Å². The molecule has 25 heavy (non-hydrogen) atoms. The molecule has 3 aromatic rings. The Morgan fingerprint density at radius 1 is 0.760 bits per heavy atom. The second kappa shape index (κ2) is 6.72. The number of rotatable bonds is 3. The molecule has 3 rings (SSSR count). The SMILES string of the molecule is Cc1ccc(N=Cc2cc(C)n(-c3ccc(C)c(C)c3)c2C)c(C)c1. The zero-order chi connectivity index (χ0) is 18.1. The summed E-state index contributed by atoms with van der Waals surface area (Å²) in [6, 6.07) is 15.2. The largest absolute Gasteiger partial charge is 0.318 e. The van der Waals surface area contributed by atoms with E-state index in [1.54, 1.807) is 0 Å². The van der Waals surface area contributed by atoms with Gasteiger partial charge in [-0.25, -0.2) is 0 Å². The van der Waals surface area contributed by atoms with Crippen molar-refractivity contribution in [2.24, 2.45) is 4.99 Å². The van der Waals surface area contributed by atoms with Crippen molar-refractivity contribution in [3.8, 4) is 5.69 Å². The van der Waals surface area contributed by atoms with Gasteiger partial charge in [0.2, 0.25) is 0 Å². The number of aliphatic imine (C=N–C) groups is 1. The zero-order valence-electron chi connectivity index (χ0n) is 16.0. The predicted octanol–water partition coefficient (Wildman–Crippen LogP) is 6.08. The van der Waals surface area contributed by atoms with Crippen LogP contribution in [0.2, 0.25) is 0 Å². The summed E-state index contributed by atoms with van der Waals surface area (Å²) in [5.74, 6) is 0. The third kappa shape index (κ3) is 3.43. The number of aryl methyl sites for hydroxylation is 5. The average Bonchev–Trinajstić information content (AvgIpc) is 2.83. The van der Waals surface area contributed by atoms with Gasteiger partial charge in [-0.15, -0.1) is 0 Å². The van der Waals surface area contributed by atoms with Crippen molar-refractivity contribution in [2.45, 2.75) is 41.5 Å². The van der Waals surface area contributed by atoms with E-state index in [4.69, 9.17) is 4.99 Å². The lowest BCUT2D eigenvalue weighted by molar-refractivity contribution is 0.961. The Morgan fingerprint density at radius 3 is 2.20 bits per heavy atom. The molecule has 0 fully saturated rings. The van der Waals surface area contributed by atoms with Gasteiger partial charge in [0, 0.05) is 28.9 Å². The Bertz CT molecular complexity index is 958. The first-order chi connectivity index (χ1) is 11.9. The molecule has 0 N–H and O–H groups in total. The van der Waals surface area contributed by atoms with Gasteiger partial charge < -0.3 is 4.57 Å². The maximum Gasteiger partial charge on any atom is 0.0659 e. The second-order valence-electron chi connectivity index (χ2n) is 6.98. The van der Waals surface area contributed by atoms with Crippen molar-refractivity contribution in [1.82, 2.24) is 4.57 Å². The maximum atomic E-state index is 4.72. The molecule has 0 bridgehead atoms. The molecule has 2 heteroatoms. The van der Waals surface area contributed by atoms with Gasteiger partial charge in [0.05, 0.1) is 5.69 Å². The van der Waals surface area contributed by atoms with Crippen molar-refractivity contribution in [3.63, 3.8) is 0 Å². The molecule has 0 atom stereocenters. The van der Waals surface area contributed by atoms with Crippen LogP contribution in [0.15, 0.2) is 47.5 Å². The van der Waals surface area contributed by atoms with Crippen LogP contribution in [-0.4, -0.2) is 10.8 Å². The summed E-state index contributed by atoms with van der Waals surface area (Å²) < 4.78 is 2.30. The normalized spacial score (nSPS) is 11.4. The monoisotopic (exact) mass is 330 g/mol. The van der Waals surface area contributed by atoms with E-state index in [9.17, 15) is 0 Å². The van der Waals surface area contributed by atoms with Crippen LogP contribution in [0.25, 0.3) is 5.69 Å². The molecule has 0 saturated carbocycles. The van der Waals surface area contributed by atoms with E-state index in [0.29, 0.717) is 0 Å². The lowest BCUT2D eigenvalue weighted by Gasteiger charge is -2.11. The molecule has 2 aromatic carbocycles. The summed E-state index contributed by atoms with van der Waals surface area (Å²) >= 11 is 0. The van der Waals surface area contributed by atoms with Crippen LogP contribution in [0.5, 0.6) is 0 Å². The van der Waals surface area contributed by atoms with E-state index in [2.05, 4.69) is 88.6 Å². The van der Waals surface area contributed by atoms with Crippen LogP contribution in [-0.2, 0) is 0 Å². The third-order valence-corrected chi connectivity index (χ3v) is 4.91. The van der Waals surface area contributed by atoms with E-state index in [0.717, 1.165) is 11.3 Å². The lowest BCUT2D eigenvalue weighted by Crippen LogP contribution is -2.00. The molecule has 128 valence electrons. The molecular formula is C23H26N2. The van der Waals surface area contributed by atoms with E-state index in [-0.39, 0.29) is 0 Å². The fraction of sp³-hybridized carbons (Fsp3) is 0.261. The first-order valence-electron chi connectivity index (χ1n) is 8.74. The summed E-state index contributed by atoms with van der Waals surface area (Å²) in [5, 5.41) is 0. The topological polar surface area (TPSA) is 17.3 Å². The highest BCUT2D eigenvalue weighted by molar-refractivity contribution is 5.84. The van der Waals surface area contributed by atoms with Gasteiger partial charge in [0.1, 0.15) is 0 Å². The molecule has 2 nitrogen and oxygen atoms in total. The fourth-order valence-electron chi connectivity index (χ4n) is 3.27. The molecule has 0 aliphatic carbocycles. The van der Waals surface area contributed by atoms with Crippen molar-refractivity contribution in [3.05, 3.63) is 81.7 Å². The standard InChI is InChI=1S/C23H26N2/c1-15-7-10-23(18(4)11-15)24-14-21-13-19(5)25(20(21)6)22-9-8-16(2)17(3)12-22/h7-14H,1-6H3. The van der Waals surface area contributed by atoms with Crippen LogP contribution < -0.4 is 0 Å². The van der Waals surface area contributed by atoms with Gasteiger partial charge in [-0.1, -0.05) is 23.8 Å². The first kappa shape index (κ1) is 17.2. The molecule has 0 saturated heterocycles. The Morgan fingerprint density at radius 2 is 1.52 bits per heavy atom. The number of hydrogen-bond donors (Lipinski definition) is 0. The summed E-state index contributed by atoms with van der Waals surface area (Å²) in [7, 11) is 0. The molecule has 0 unspecified atom stereocenters. The molecule has 0 radical (unpaired) electrons. The number of benzene rings is 2. The minimum atomic E-state index is 1.03. The van der Waals surface area contributed by atoms with E-state index in [1.165, 1.54) is 39.3 Å². The van der Waals surface area contributed by atoms with Crippen molar-refractivity contribution in [1.29, 1.82) is 0 Å². The van der Waals surface area contributed by atoms with Crippen molar-refractivity contribution < 1.29 is 0 Å². The van der Waals surface area contributed by atoms with E-state index < -0.39 is 0 Å². The molecule has 1 heterocycles. The van der Waals surface area contributed by atoms with Gasteiger partial charge in [0.25, 0.3) is 0 Å². The minimum Gasteiger partial charge on any atom is -0.318 e. The highest BCUT2D eigenvalue weighted by atomic mass is 15.0. The van der Waals surface area contributed by atoms with Crippen molar-refractivity contribution >= 4 is 11.9 Å². The molecular weight excluding hydrogens is 304 g/mol. The van der Waals surface area contributed by atoms with E-state index >= 15 is 0 Å². The van der Waals surface area contributed by atoms with Crippen LogP contribution in [0.4, 0.5) is 5.69 Å². The number of nitrogens with zero attached hydrogens (tertiary/aromatic N) is 2. The minimum absolute atomic E-state index is 1.03. The summed E-state index contributed by atoms with van der Waals surface area (Å²) in [4.78, 5) is 4.72. The summed E-state index contributed by atoms with van der Waals surface area (Å²) in [5.41, 5.74) is 11.0. The Balaban J connectivity index is 1.99. The van der Waals surface area contributed by atoms with E-state index in [1.807, 2.05) is 6.21 Å². The number of aromatic nitrogens is 1. The molecule has 0 aliphatic heterocycles. The van der Waals surface area contributed by atoms with Gasteiger partial charge in [0.15, 0.2) is 0 Å². The van der Waals surface area contributed by atoms with Crippen molar-refractivity contribution in [2.75, 3.05) is 0 Å². The molecule has 0 amide bonds. The average molecular weight is 330 g/mol. The van der Waals surface area contributed by atoms with Crippen LogP contribution in [0.3, 0.4) is 0 Å². The maximum absolute atomic E-state index is 4.72. The second-order valence-corrected chi connectivity index (χ2v) is 6.98. The molecule has 0 spiro atoms. The van der Waals surface area contributed by atoms with Crippen LogP contribution in [0, 0.1) is 41.5 Å². The number of hydrogen-bond acceptors (Lipinski definition) is 1. The highest BCUT2D eigenvalue weighted by Crippen LogP contribution is 2.23. The lowest BCUT2D eigenvalue weighted by atomic mass is 10.1. The summed E-state index contributed by atoms with van der Waals surface area (Å²) in [6.45, 7) is 12.8. The quantitative estimate of drug-likeness (QED) is 0.518. The zero-order valence-corrected chi connectivity index (χ0v) is 16.0. The molecule has 1 aromatic heterocycles. The highest BCUT2D eigenvalue weighted by Gasteiger charge is 2.10. The van der Waals surface area contributed by atoms with Gasteiger partial charge >= 0.3 is 0 Å². The first-order valence-corrected chi connectivity index (χ1v) is 8.74. The summed E-state index contributed by atoms with van der Waals surface area (Å²) in [6.07, 6.45) is 1.98. The smallest absolute Gasteiger partial charge is 0.0659 e. The predicted molar refractivity (Wildman–Crippen MR) is 108 cm³/mol. The fourth-order valence-corrected chi connectivity index (χ4v) is 3.27. The van der Waals surface area contributed by atoms with Crippen LogP contribution in [0.1, 0.15) is 39.2 Å². The van der Waals surface area contributed by atoms with Gasteiger partial charge in [-0.3, -0.25) is 4.99 Å². The van der Waals surface area contributed by atoms with Gasteiger partial charge in [-0.2, -0.15) is 0 Å². The Kier molecular flexibility index (Phi) is 4.63. The van der Waals surface area contributed by atoms with Gasteiger partial charge in [-0.05, 0) is 82.5 Å². The Hall–Kier alpha value is -2.61. The van der Waals surface area contributed by atoms with Crippen LogP contribution >= 0.6 is 0 Å². The third-order valence-electron chi connectivity index (χ3n) is 4.91.